The van der Waals surface area contributed by atoms with Gasteiger partial charge >= 0.3 is 0 Å². The first-order valence-corrected chi connectivity index (χ1v) is 16.9. The molecule has 0 heterocycles. The fourth-order valence-corrected chi connectivity index (χ4v) is 7.47. The molecule has 2 aliphatic carbocycles. The minimum Gasteiger partial charge on any atom is -0.250 e. The van der Waals surface area contributed by atoms with Gasteiger partial charge in [-0.05, 0) is 67.8 Å². The third-order valence-electron chi connectivity index (χ3n) is 9.80. The largest absolute Gasteiger partial charge is 0.250 e. The summed E-state index contributed by atoms with van der Waals surface area (Å²) in [5.41, 5.74) is 1.77. The van der Waals surface area contributed by atoms with Crippen molar-refractivity contribution in [1.29, 1.82) is 31.6 Å². The first-order chi connectivity index (χ1) is 28.4. The van der Waals surface area contributed by atoms with Gasteiger partial charge in [0, 0.05) is 11.1 Å². The van der Waals surface area contributed by atoms with E-state index in [0.717, 1.165) is 0 Å². The van der Waals surface area contributed by atoms with E-state index in [-0.39, 0.29) is 112 Å². The van der Waals surface area contributed by atoms with Crippen molar-refractivity contribution in [3.05, 3.63) is 209 Å². The van der Waals surface area contributed by atoms with Crippen LogP contribution in [-0.2, 0) is 0 Å². The molecule has 10 nitrogen and oxygen atoms in total. The molecule has 5 aromatic carbocycles. The van der Waals surface area contributed by atoms with Gasteiger partial charge in [0.05, 0.1) is 65.8 Å². The molecule has 0 saturated heterocycles. The molecule has 0 unspecified atom stereocenters. The molecular formula is C48H16N10. The summed E-state index contributed by atoms with van der Waals surface area (Å²) in [4.78, 5) is 14.7. The summed E-state index contributed by atoms with van der Waals surface area (Å²) in [5, 5.41) is 64.1. The van der Waals surface area contributed by atoms with E-state index in [1.807, 2.05) is 12.1 Å². The van der Waals surface area contributed by atoms with Gasteiger partial charge in [-0.25, -0.2) is 9.69 Å². The van der Waals surface area contributed by atoms with Crippen molar-refractivity contribution in [3.63, 3.8) is 0 Å². The van der Waals surface area contributed by atoms with E-state index in [1.165, 1.54) is 36.4 Å². The molecular weight excluding hydrogens is 717 g/mol. The van der Waals surface area contributed by atoms with Gasteiger partial charge in [0.25, 0.3) is 0 Å². The topological polar surface area (TPSA) is 160 Å². The number of allylic oxidation sites excluding steroid dienone is 6. The van der Waals surface area contributed by atoms with Crippen LogP contribution in [0.3, 0.4) is 0 Å². The van der Waals surface area contributed by atoms with Crippen LogP contribution in [0.4, 0.5) is 11.4 Å². The molecule has 258 valence electrons. The number of nitrogens with zero attached hydrogens (tertiary/aromatic N) is 10. The molecule has 0 amide bonds. The van der Waals surface area contributed by atoms with Gasteiger partial charge in [-0.3, -0.25) is 9.69 Å². The molecule has 2 aliphatic rings. The Morgan fingerprint density at radius 2 is 1.07 bits per heavy atom. The standard InChI is InChI=1S/C48H16N10/c1-55-37-18-17-29(20-38(37)56-2)33(23-51)42-40(28-13-9-6-10-14-28)48(58-4)45-36(26-54)43-41(35(25-53)44(42)45)34(24-52)39(27-11-7-5-8-12-27)46(43)47(57-3)30-15-16-31(21-49)32(19-30)22-50/h5-20H/b42-33+,47-46-. The summed E-state index contributed by atoms with van der Waals surface area (Å²) in [7, 11) is 0. The SMILES string of the molecule is [C-]#[N+]C1=C(c2ccccc2)/C(=C(/C#N)c2ccc([N+]#[C-])c([N+]#[C-])c2)c2c(C#N)c3c(c(C#N)c21)/C(=C(\[N+]#[C-])c1ccc(C#N)c(C#N)c1)C(c1ccccc1)=C3C#N. The summed E-state index contributed by atoms with van der Waals surface area (Å²) in [6.45, 7) is 32.3. The van der Waals surface area contributed by atoms with Crippen molar-refractivity contribution in [2.45, 2.75) is 0 Å². The summed E-state index contributed by atoms with van der Waals surface area (Å²) in [6, 6.07) is 38.8. The number of fused-ring (bicyclic) bond motifs is 2. The summed E-state index contributed by atoms with van der Waals surface area (Å²) in [5.74, 6) is 0. The smallest absolute Gasteiger partial charge is 0.204 e. The van der Waals surface area contributed by atoms with Gasteiger partial charge in [0.1, 0.15) is 30.3 Å². The second-order valence-corrected chi connectivity index (χ2v) is 12.5. The molecule has 0 atom stereocenters. The van der Waals surface area contributed by atoms with Crippen molar-refractivity contribution in [2.75, 3.05) is 0 Å². The van der Waals surface area contributed by atoms with Crippen LogP contribution in [0.2, 0.25) is 0 Å². The van der Waals surface area contributed by atoms with E-state index in [2.05, 4.69) is 43.7 Å². The Balaban J connectivity index is 1.76. The maximum atomic E-state index is 11.3. The fourth-order valence-electron chi connectivity index (χ4n) is 7.47. The van der Waals surface area contributed by atoms with Crippen LogP contribution >= 0.6 is 0 Å². The Kier molecular flexibility index (Phi) is 9.25. The number of hydrogen-bond donors (Lipinski definition) is 0. The second-order valence-electron chi connectivity index (χ2n) is 12.5. The van der Waals surface area contributed by atoms with E-state index in [1.54, 1.807) is 60.7 Å². The molecule has 0 fully saturated rings. The third-order valence-corrected chi connectivity index (χ3v) is 9.80. The number of hydrogen-bond acceptors (Lipinski definition) is 6. The van der Waals surface area contributed by atoms with E-state index >= 15 is 0 Å². The van der Waals surface area contributed by atoms with Crippen molar-refractivity contribution in [3.8, 4) is 36.4 Å². The summed E-state index contributed by atoms with van der Waals surface area (Å²) in [6.07, 6.45) is 0. The number of rotatable bonds is 4. The lowest BCUT2D eigenvalue weighted by Gasteiger charge is -2.18. The van der Waals surface area contributed by atoms with Gasteiger partial charge in [0.2, 0.25) is 11.4 Å². The minimum absolute atomic E-state index is 0.00626. The number of nitriles is 6. The van der Waals surface area contributed by atoms with Crippen molar-refractivity contribution < 1.29 is 0 Å². The molecule has 0 aromatic heterocycles. The Morgan fingerprint density at radius 1 is 0.483 bits per heavy atom. The Labute approximate surface area is 332 Å². The molecule has 10 heteroatoms. The predicted molar refractivity (Wildman–Crippen MR) is 215 cm³/mol. The van der Waals surface area contributed by atoms with Crippen molar-refractivity contribution in [2.24, 2.45) is 0 Å². The third kappa shape index (κ3) is 5.34. The summed E-state index contributed by atoms with van der Waals surface area (Å²) < 4.78 is 0. The van der Waals surface area contributed by atoms with E-state index < -0.39 is 0 Å². The molecule has 5 aromatic rings. The fraction of sp³-hybridized carbons (Fsp3) is 0. The minimum atomic E-state index is -0.135. The second kappa shape index (κ2) is 14.8. The Bertz CT molecular complexity index is 3080. The average Bonchev–Trinajstić information content (AvgIpc) is 3.79. The van der Waals surface area contributed by atoms with Gasteiger partial charge in [0.15, 0.2) is 11.4 Å². The van der Waals surface area contributed by atoms with Crippen LogP contribution in [0.15, 0.2) is 97.1 Å². The highest BCUT2D eigenvalue weighted by Gasteiger charge is 2.43. The average molecular weight is 733 g/mol. The molecule has 0 spiro atoms. The normalized spacial score (nSPS) is 13.6. The lowest BCUT2D eigenvalue weighted by atomic mass is 9.82. The van der Waals surface area contributed by atoms with Crippen LogP contribution in [0, 0.1) is 94.3 Å². The highest BCUT2D eigenvalue weighted by molar-refractivity contribution is 6.35. The lowest BCUT2D eigenvalue weighted by molar-refractivity contribution is 1.38. The maximum absolute atomic E-state index is 11.3. The molecule has 0 N–H and O–H groups in total. The van der Waals surface area contributed by atoms with Gasteiger partial charge in [-0.2, -0.15) is 31.6 Å². The molecule has 0 radical (unpaired) electrons. The Hall–Kier alpha value is -10.0. The first kappa shape index (κ1) is 36.3. The van der Waals surface area contributed by atoms with E-state index in [0.29, 0.717) is 11.1 Å². The van der Waals surface area contributed by atoms with Gasteiger partial charge in [-0.1, -0.05) is 84.9 Å². The summed E-state index contributed by atoms with van der Waals surface area (Å²) >= 11 is 0. The monoisotopic (exact) mass is 732 g/mol. The van der Waals surface area contributed by atoms with E-state index in [9.17, 15) is 31.6 Å². The highest BCUT2D eigenvalue weighted by Crippen LogP contribution is 2.59. The molecule has 7 rings (SSSR count). The van der Waals surface area contributed by atoms with Crippen molar-refractivity contribution >= 4 is 56.2 Å². The highest BCUT2D eigenvalue weighted by atomic mass is 14.8. The quantitative estimate of drug-likeness (QED) is 0.132. The molecule has 0 saturated carbocycles. The predicted octanol–water partition coefficient (Wildman–Crippen LogP) is 10.7. The van der Waals surface area contributed by atoms with Gasteiger partial charge < -0.3 is 0 Å². The Morgan fingerprint density at radius 3 is 1.60 bits per heavy atom. The molecule has 0 aliphatic heterocycles. The molecule has 0 bridgehead atoms. The number of benzene rings is 5. The molecule has 58 heavy (non-hydrogen) atoms. The van der Waals surface area contributed by atoms with Crippen LogP contribution in [0.25, 0.3) is 64.2 Å². The zero-order valence-corrected chi connectivity index (χ0v) is 29.7. The zero-order valence-electron chi connectivity index (χ0n) is 29.7. The van der Waals surface area contributed by atoms with Crippen LogP contribution in [-0.4, -0.2) is 0 Å². The van der Waals surface area contributed by atoms with Crippen molar-refractivity contribution in [1.82, 2.24) is 0 Å². The zero-order chi connectivity index (χ0) is 41.1. The van der Waals surface area contributed by atoms with Crippen LogP contribution in [0.5, 0.6) is 0 Å². The maximum Gasteiger partial charge on any atom is 0.204 e. The lowest BCUT2D eigenvalue weighted by Crippen LogP contribution is -2.05. The van der Waals surface area contributed by atoms with Gasteiger partial charge in [-0.15, -0.1) is 0 Å². The van der Waals surface area contributed by atoms with Crippen LogP contribution in [0.1, 0.15) is 66.8 Å². The van der Waals surface area contributed by atoms with Crippen LogP contribution < -0.4 is 0 Å². The first-order valence-electron chi connectivity index (χ1n) is 16.9. The van der Waals surface area contributed by atoms with E-state index in [4.69, 9.17) is 26.3 Å².